The Kier molecular flexibility index (Phi) is 26.2. The molecule has 1 N–H and O–H groups in total. The molecule has 0 saturated heterocycles. The van der Waals surface area contributed by atoms with Crippen molar-refractivity contribution in [2.24, 2.45) is 0 Å². The van der Waals surface area contributed by atoms with Gasteiger partial charge in [0.15, 0.2) is 0 Å². The van der Waals surface area contributed by atoms with Crippen molar-refractivity contribution in [1.82, 2.24) is 0 Å². The monoisotopic (exact) mass is 444 g/mol. The third-order valence-electron chi connectivity index (χ3n) is 5.39. The molecule has 0 aliphatic carbocycles. The molecule has 1 atom stereocenters. The van der Waals surface area contributed by atoms with Gasteiger partial charge >= 0.3 is 51.4 Å². The number of aliphatic hydroxyl groups is 1. The summed E-state index contributed by atoms with van der Waals surface area (Å²) < 4.78 is 31.6. The van der Waals surface area contributed by atoms with E-state index in [9.17, 15) is 13.0 Å². The standard InChI is InChI=1S/C22H46O4S.K/c1-2-3-4-5-6-7-8-9-10-11-12-13-14-15-16-17-18-19-20-21-22(23)27(24,25)26;/h22-23H,2-21H2,1H3,(H,24,25,26);/q;+1/p-1. The first kappa shape index (κ1) is 31.7. The van der Waals surface area contributed by atoms with Gasteiger partial charge in [-0.3, -0.25) is 0 Å². The number of hydrogen-bond acceptors (Lipinski definition) is 4. The Morgan fingerprint density at radius 3 is 1.11 bits per heavy atom. The van der Waals surface area contributed by atoms with E-state index in [4.69, 9.17) is 5.11 Å². The van der Waals surface area contributed by atoms with Crippen LogP contribution in [0.1, 0.15) is 135 Å². The second-order valence-corrected chi connectivity index (χ2v) is 9.63. The molecule has 0 aliphatic heterocycles. The largest absolute Gasteiger partial charge is 1.00 e. The van der Waals surface area contributed by atoms with Gasteiger partial charge in [0.25, 0.3) is 0 Å². The van der Waals surface area contributed by atoms with E-state index in [0.717, 1.165) is 12.8 Å². The number of hydrogen-bond donors (Lipinski definition) is 1. The van der Waals surface area contributed by atoms with Crippen molar-refractivity contribution in [3.8, 4) is 0 Å². The molecular weight excluding hydrogens is 399 g/mol. The van der Waals surface area contributed by atoms with Gasteiger partial charge in [0.2, 0.25) is 0 Å². The molecule has 0 amide bonds. The van der Waals surface area contributed by atoms with Crippen LogP contribution in [0.15, 0.2) is 0 Å². The average molecular weight is 445 g/mol. The molecule has 0 aliphatic rings. The maximum Gasteiger partial charge on any atom is 1.00 e. The predicted molar refractivity (Wildman–Crippen MR) is 114 cm³/mol. The molecule has 0 rings (SSSR count). The summed E-state index contributed by atoms with van der Waals surface area (Å²) in [6.07, 6.45) is 24.4. The Bertz CT molecular complexity index is 401. The Hall–Kier alpha value is 1.51. The minimum atomic E-state index is -4.52. The van der Waals surface area contributed by atoms with E-state index in [1.165, 1.54) is 103 Å². The normalized spacial score (nSPS) is 12.7. The SMILES string of the molecule is CCCCCCCCCCCCCCCCCCCCCC(O)S(=O)(=O)[O-].[K+]. The van der Waals surface area contributed by atoms with E-state index >= 15 is 0 Å². The van der Waals surface area contributed by atoms with Gasteiger partial charge in [-0.05, 0) is 12.8 Å². The molecule has 1 unspecified atom stereocenters. The summed E-state index contributed by atoms with van der Waals surface area (Å²) in [5.74, 6) is 0. The topological polar surface area (TPSA) is 77.4 Å². The van der Waals surface area contributed by atoms with E-state index in [0.29, 0.717) is 6.42 Å². The molecule has 0 aromatic carbocycles. The van der Waals surface area contributed by atoms with Crippen molar-refractivity contribution >= 4 is 10.1 Å². The van der Waals surface area contributed by atoms with Crippen LogP contribution in [-0.4, -0.2) is 23.5 Å². The number of unbranched alkanes of at least 4 members (excludes halogenated alkanes) is 18. The Labute approximate surface area is 218 Å². The van der Waals surface area contributed by atoms with E-state index in [-0.39, 0.29) is 57.8 Å². The van der Waals surface area contributed by atoms with Gasteiger partial charge in [-0.25, -0.2) is 8.42 Å². The van der Waals surface area contributed by atoms with Crippen LogP contribution in [-0.2, 0) is 10.1 Å². The van der Waals surface area contributed by atoms with Gasteiger partial charge in [-0.15, -0.1) is 0 Å². The Morgan fingerprint density at radius 2 is 0.857 bits per heavy atom. The smallest absolute Gasteiger partial charge is 0.746 e. The van der Waals surface area contributed by atoms with Crippen LogP contribution in [0.4, 0.5) is 0 Å². The third-order valence-corrected chi connectivity index (χ3v) is 6.29. The van der Waals surface area contributed by atoms with Gasteiger partial charge in [0.05, 0.1) is 0 Å². The van der Waals surface area contributed by atoms with Crippen LogP contribution in [0.3, 0.4) is 0 Å². The molecular formula is C22H45KO4S. The quantitative estimate of drug-likeness (QED) is 0.166. The molecule has 4 nitrogen and oxygen atoms in total. The molecule has 0 radical (unpaired) electrons. The van der Waals surface area contributed by atoms with Gasteiger partial charge in [-0.2, -0.15) is 0 Å². The number of rotatable bonds is 21. The van der Waals surface area contributed by atoms with Crippen molar-refractivity contribution in [2.75, 3.05) is 0 Å². The van der Waals surface area contributed by atoms with Crippen molar-refractivity contribution < 1.29 is 69.5 Å². The molecule has 0 bridgehead atoms. The molecule has 28 heavy (non-hydrogen) atoms. The van der Waals surface area contributed by atoms with Crippen molar-refractivity contribution in [1.29, 1.82) is 0 Å². The molecule has 0 saturated carbocycles. The summed E-state index contributed by atoms with van der Waals surface area (Å²) in [4.78, 5) is 0. The average Bonchev–Trinajstić information content (AvgIpc) is 2.62. The number of aliphatic hydroxyl groups excluding tert-OH is 1. The predicted octanol–water partition coefficient (Wildman–Crippen LogP) is 3.68. The molecule has 0 aromatic heterocycles. The zero-order valence-corrected chi connectivity index (χ0v) is 22.7. The summed E-state index contributed by atoms with van der Waals surface area (Å²) in [5, 5.41) is 9.13. The second kappa shape index (κ2) is 23.2. The molecule has 0 aromatic rings. The summed E-state index contributed by atoms with van der Waals surface area (Å²) in [5.41, 5.74) is -1.72. The first-order valence-electron chi connectivity index (χ1n) is 11.6. The summed E-state index contributed by atoms with van der Waals surface area (Å²) in [7, 11) is -4.52. The fourth-order valence-corrected chi connectivity index (χ4v) is 4.00. The van der Waals surface area contributed by atoms with Crippen LogP contribution in [0, 0.1) is 0 Å². The first-order chi connectivity index (χ1) is 13.0. The Morgan fingerprint density at radius 1 is 0.607 bits per heavy atom. The maximum atomic E-state index is 10.5. The van der Waals surface area contributed by atoms with Crippen molar-refractivity contribution in [3.63, 3.8) is 0 Å². The fourth-order valence-electron chi connectivity index (χ4n) is 3.54. The summed E-state index contributed by atoms with van der Waals surface area (Å²) in [6.45, 7) is 2.27. The van der Waals surface area contributed by atoms with Gasteiger partial charge in [0.1, 0.15) is 15.6 Å². The van der Waals surface area contributed by atoms with Crippen LogP contribution in [0.2, 0.25) is 0 Å². The Balaban J connectivity index is 0. The van der Waals surface area contributed by atoms with Gasteiger partial charge in [0, 0.05) is 0 Å². The fraction of sp³-hybridized carbons (Fsp3) is 1.00. The van der Waals surface area contributed by atoms with Crippen molar-refractivity contribution in [2.45, 2.75) is 141 Å². The molecule has 0 spiro atoms. The summed E-state index contributed by atoms with van der Waals surface area (Å²) >= 11 is 0. The molecule has 0 fully saturated rings. The van der Waals surface area contributed by atoms with Crippen LogP contribution >= 0.6 is 0 Å². The van der Waals surface area contributed by atoms with E-state index in [2.05, 4.69) is 6.92 Å². The van der Waals surface area contributed by atoms with E-state index in [1.54, 1.807) is 0 Å². The van der Waals surface area contributed by atoms with Crippen LogP contribution in [0.25, 0.3) is 0 Å². The molecule has 164 valence electrons. The summed E-state index contributed by atoms with van der Waals surface area (Å²) in [6, 6.07) is 0. The van der Waals surface area contributed by atoms with Crippen molar-refractivity contribution in [3.05, 3.63) is 0 Å². The third kappa shape index (κ3) is 23.8. The van der Waals surface area contributed by atoms with Gasteiger partial charge in [-0.1, -0.05) is 122 Å². The van der Waals surface area contributed by atoms with E-state index < -0.39 is 15.6 Å². The molecule has 0 heterocycles. The van der Waals surface area contributed by atoms with Gasteiger partial charge < -0.3 is 9.66 Å². The maximum absolute atomic E-state index is 10.5. The molecule has 6 heteroatoms. The van der Waals surface area contributed by atoms with Crippen LogP contribution < -0.4 is 51.4 Å². The first-order valence-corrected chi connectivity index (χ1v) is 13.1. The minimum absolute atomic E-state index is 0. The van der Waals surface area contributed by atoms with Crippen LogP contribution in [0.5, 0.6) is 0 Å². The zero-order chi connectivity index (χ0) is 20.2. The second-order valence-electron chi connectivity index (χ2n) is 8.10. The zero-order valence-electron chi connectivity index (χ0n) is 18.8. The minimum Gasteiger partial charge on any atom is -0.746 e. The van der Waals surface area contributed by atoms with E-state index in [1.807, 2.05) is 0 Å².